The van der Waals surface area contributed by atoms with Gasteiger partial charge in [0.25, 0.3) is 0 Å². The van der Waals surface area contributed by atoms with E-state index in [0.29, 0.717) is 31.9 Å². The second-order valence-corrected chi connectivity index (χ2v) is 7.04. The van der Waals surface area contributed by atoms with Crippen LogP contribution in [0.3, 0.4) is 0 Å². The number of aryl methyl sites for hydroxylation is 1. The molecule has 3 N–H and O–H groups in total. The molecule has 0 radical (unpaired) electrons. The Balaban J connectivity index is 1.47. The monoisotopic (exact) mass is 384 g/mol. The second-order valence-electron chi connectivity index (χ2n) is 7.04. The normalized spacial score (nSPS) is 15.9. The van der Waals surface area contributed by atoms with Gasteiger partial charge in [-0.15, -0.1) is 0 Å². The average Bonchev–Trinajstić information content (AvgIpc) is 2.70. The molecule has 0 aliphatic carbocycles. The van der Waals surface area contributed by atoms with Crippen molar-refractivity contribution in [1.29, 1.82) is 0 Å². The van der Waals surface area contributed by atoms with Crippen LogP contribution < -0.4 is 11.1 Å². The third-order valence-corrected chi connectivity index (χ3v) is 4.88. The van der Waals surface area contributed by atoms with Gasteiger partial charge >= 0.3 is 0 Å². The topological polar surface area (TPSA) is 78.7 Å². The molecule has 2 amide bonds. The van der Waals surface area contributed by atoms with E-state index in [1.54, 1.807) is 4.90 Å². The number of hydrogen-bond donors (Lipinski definition) is 2. The highest BCUT2D eigenvalue weighted by Gasteiger charge is 2.26. The number of amides is 2. The van der Waals surface area contributed by atoms with E-state index >= 15 is 0 Å². The van der Waals surface area contributed by atoms with Crippen LogP contribution in [-0.4, -0.2) is 54.3 Å². The Kier molecular flexibility index (Phi) is 6.38. The van der Waals surface area contributed by atoms with E-state index in [9.17, 15) is 14.0 Å². The lowest BCUT2D eigenvalue weighted by Crippen LogP contribution is -2.52. The molecule has 0 aromatic heterocycles. The summed E-state index contributed by atoms with van der Waals surface area (Å²) in [5.74, 6) is -0.607. The van der Waals surface area contributed by atoms with Gasteiger partial charge in [0.2, 0.25) is 11.8 Å². The first kappa shape index (κ1) is 20.0. The molecule has 1 fully saturated rings. The summed E-state index contributed by atoms with van der Waals surface area (Å²) in [7, 11) is 0. The van der Waals surface area contributed by atoms with Gasteiger partial charge in [-0.1, -0.05) is 29.8 Å². The van der Waals surface area contributed by atoms with Crippen molar-refractivity contribution in [2.24, 2.45) is 5.73 Å². The Labute approximate surface area is 164 Å². The molecule has 1 aliphatic heterocycles. The van der Waals surface area contributed by atoms with E-state index in [2.05, 4.69) is 5.32 Å². The fraction of sp³-hybridized carbons (Fsp3) is 0.333. The number of halogens is 1. The zero-order valence-electron chi connectivity index (χ0n) is 15.9. The van der Waals surface area contributed by atoms with Gasteiger partial charge in [0.05, 0.1) is 6.54 Å². The second kappa shape index (κ2) is 8.95. The molecule has 0 bridgehead atoms. The summed E-state index contributed by atoms with van der Waals surface area (Å²) in [5, 5.41) is 2.75. The van der Waals surface area contributed by atoms with E-state index in [-0.39, 0.29) is 24.2 Å². The van der Waals surface area contributed by atoms with Crippen molar-refractivity contribution in [2.45, 2.75) is 13.0 Å². The van der Waals surface area contributed by atoms with Gasteiger partial charge in [0.15, 0.2) is 0 Å². The number of carbonyl (C=O) groups excluding carboxylic acids is 2. The van der Waals surface area contributed by atoms with Gasteiger partial charge in [-0.3, -0.25) is 14.5 Å². The number of nitrogens with two attached hydrogens (primary N) is 1. The van der Waals surface area contributed by atoms with Crippen LogP contribution in [0.15, 0.2) is 48.5 Å². The maximum absolute atomic E-state index is 12.9. The molecule has 1 unspecified atom stereocenters. The van der Waals surface area contributed by atoms with Gasteiger partial charge in [0.1, 0.15) is 11.9 Å². The third kappa shape index (κ3) is 5.15. The summed E-state index contributed by atoms with van der Waals surface area (Å²) in [5.41, 5.74) is 8.62. The summed E-state index contributed by atoms with van der Waals surface area (Å²) >= 11 is 0. The van der Waals surface area contributed by atoms with Gasteiger partial charge in [-0.2, -0.15) is 0 Å². The molecule has 2 aromatic carbocycles. The Morgan fingerprint density at radius 3 is 2.25 bits per heavy atom. The first-order chi connectivity index (χ1) is 13.4. The minimum absolute atomic E-state index is 0.0979. The van der Waals surface area contributed by atoms with Crippen molar-refractivity contribution in [1.82, 2.24) is 9.80 Å². The molecule has 6 nitrogen and oxygen atoms in total. The van der Waals surface area contributed by atoms with E-state index < -0.39 is 6.04 Å². The average molecular weight is 384 g/mol. The van der Waals surface area contributed by atoms with Crippen LogP contribution in [0, 0.1) is 12.7 Å². The zero-order chi connectivity index (χ0) is 20.1. The highest BCUT2D eigenvalue weighted by atomic mass is 19.1. The number of nitrogens with zero attached hydrogens (tertiary/aromatic N) is 2. The molecule has 1 heterocycles. The number of piperazine rings is 1. The number of anilines is 1. The molecule has 7 heteroatoms. The number of benzene rings is 2. The molecule has 148 valence electrons. The van der Waals surface area contributed by atoms with Crippen LogP contribution in [0.2, 0.25) is 0 Å². The predicted octanol–water partition coefficient (Wildman–Crippen LogP) is 1.92. The van der Waals surface area contributed by atoms with Crippen LogP contribution in [0.5, 0.6) is 0 Å². The van der Waals surface area contributed by atoms with Crippen molar-refractivity contribution in [3.8, 4) is 0 Å². The largest absolute Gasteiger partial charge is 0.338 e. The first-order valence-electron chi connectivity index (χ1n) is 9.31. The molecular formula is C21H25FN4O2. The predicted molar refractivity (Wildman–Crippen MR) is 106 cm³/mol. The zero-order valence-corrected chi connectivity index (χ0v) is 15.9. The van der Waals surface area contributed by atoms with E-state index in [1.165, 1.54) is 24.3 Å². The van der Waals surface area contributed by atoms with Crippen LogP contribution in [0.25, 0.3) is 0 Å². The summed E-state index contributed by atoms with van der Waals surface area (Å²) in [4.78, 5) is 28.5. The number of hydrogen-bond acceptors (Lipinski definition) is 4. The van der Waals surface area contributed by atoms with Crippen molar-refractivity contribution in [3.63, 3.8) is 0 Å². The summed E-state index contributed by atoms with van der Waals surface area (Å²) in [6, 6.07) is 12.6. The smallest absolute Gasteiger partial charge is 0.244 e. The minimum atomic E-state index is -0.672. The molecule has 1 aliphatic rings. The fourth-order valence-corrected chi connectivity index (χ4v) is 3.18. The van der Waals surface area contributed by atoms with Crippen molar-refractivity contribution >= 4 is 17.5 Å². The van der Waals surface area contributed by atoms with E-state index in [4.69, 9.17) is 5.73 Å². The first-order valence-corrected chi connectivity index (χ1v) is 9.31. The third-order valence-electron chi connectivity index (χ3n) is 4.88. The summed E-state index contributed by atoms with van der Waals surface area (Å²) < 4.78 is 12.9. The molecular weight excluding hydrogens is 359 g/mol. The molecule has 0 saturated carbocycles. The van der Waals surface area contributed by atoms with Crippen molar-refractivity contribution in [3.05, 3.63) is 65.5 Å². The van der Waals surface area contributed by atoms with Crippen LogP contribution >= 0.6 is 0 Å². The summed E-state index contributed by atoms with van der Waals surface area (Å²) in [6.07, 6.45) is 0. The van der Waals surface area contributed by atoms with Crippen LogP contribution in [-0.2, 0) is 9.59 Å². The number of rotatable bonds is 5. The molecule has 28 heavy (non-hydrogen) atoms. The number of nitrogens with one attached hydrogen (secondary N) is 1. The van der Waals surface area contributed by atoms with Gasteiger partial charge in [0, 0.05) is 31.9 Å². The Hall–Kier alpha value is -2.77. The molecule has 3 rings (SSSR count). The van der Waals surface area contributed by atoms with Gasteiger partial charge in [-0.05, 0) is 36.8 Å². The minimum Gasteiger partial charge on any atom is -0.338 e. The van der Waals surface area contributed by atoms with Gasteiger partial charge < -0.3 is 16.0 Å². The fourth-order valence-electron chi connectivity index (χ4n) is 3.18. The highest BCUT2D eigenvalue weighted by molar-refractivity contribution is 5.92. The van der Waals surface area contributed by atoms with Gasteiger partial charge in [-0.25, -0.2) is 4.39 Å². The SMILES string of the molecule is Cc1ccc(C(N)C(=O)N2CCN(CC(=O)Nc3ccc(F)cc3)CC2)cc1. The Morgan fingerprint density at radius 2 is 1.64 bits per heavy atom. The maximum Gasteiger partial charge on any atom is 0.244 e. The number of carbonyl (C=O) groups is 2. The summed E-state index contributed by atoms with van der Waals surface area (Å²) in [6.45, 7) is 4.48. The maximum atomic E-state index is 12.9. The highest BCUT2D eigenvalue weighted by Crippen LogP contribution is 2.16. The molecule has 0 spiro atoms. The molecule has 1 atom stereocenters. The quantitative estimate of drug-likeness (QED) is 0.826. The Bertz CT molecular complexity index is 815. The van der Waals surface area contributed by atoms with Crippen molar-refractivity contribution in [2.75, 3.05) is 38.0 Å². The van der Waals surface area contributed by atoms with Crippen LogP contribution in [0.4, 0.5) is 10.1 Å². The van der Waals surface area contributed by atoms with E-state index in [1.807, 2.05) is 36.1 Å². The Morgan fingerprint density at radius 1 is 1.04 bits per heavy atom. The molecule has 2 aromatic rings. The molecule has 1 saturated heterocycles. The van der Waals surface area contributed by atoms with Crippen LogP contribution in [0.1, 0.15) is 17.2 Å². The lowest BCUT2D eigenvalue weighted by molar-refractivity contribution is -0.134. The van der Waals surface area contributed by atoms with Crippen molar-refractivity contribution < 1.29 is 14.0 Å². The lowest BCUT2D eigenvalue weighted by Gasteiger charge is -2.35. The van der Waals surface area contributed by atoms with E-state index in [0.717, 1.165) is 11.1 Å². The lowest BCUT2D eigenvalue weighted by atomic mass is 10.0. The standard InChI is InChI=1S/C21H25FN4O2/c1-15-2-4-16(5-3-15)20(23)21(28)26-12-10-25(11-13-26)14-19(27)24-18-8-6-17(22)7-9-18/h2-9,20H,10-14,23H2,1H3,(H,24,27).